The zero-order valence-electron chi connectivity index (χ0n) is 24.9. The van der Waals surface area contributed by atoms with Gasteiger partial charge in [-0.3, -0.25) is 14.4 Å². The van der Waals surface area contributed by atoms with E-state index in [-0.39, 0.29) is 0 Å². The number of hydrogen-bond donors (Lipinski definition) is 11. The van der Waals surface area contributed by atoms with Crippen molar-refractivity contribution in [2.24, 2.45) is 0 Å². The number of carbonyl (C=O) groups is 6. The maximum absolute atomic E-state index is 13.0. The van der Waals surface area contributed by atoms with Gasteiger partial charge < -0.3 is 66.3 Å². The van der Waals surface area contributed by atoms with Gasteiger partial charge in [0.25, 0.3) is 17.7 Å². The highest BCUT2D eigenvalue weighted by atomic mass is 16.6. The first-order chi connectivity index (χ1) is 23.2. The van der Waals surface area contributed by atoms with Crippen LogP contribution in [0.4, 0.5) is 0 Å². The van der Waals surface area contributed by atoms with Crippen LogP contribution in [-0.2, 0) is 23.9 Å². The third kappa shape index (κ3) is 9.16. The Hall–Kier alpha value is -6.76. The number of aliphatic hydroxyl groups excluding tert-OH is 1. The zero-order valence-corrected chi connectivity index (χ0v) is 24.9. The SMILES string of the molecule is O=C(NC(COC(=O)[C@H](COC(=O)[C@H](CO)NC(=O)c1cccc(O)c1O)NC(=O)c1cccc(O)c1O)C(=O)O)c1cccc(O)c1O. The van der Waals surface area contributed by atoms with Gasteiger partial charge in [-0.25, -0.2) is 14.4 Å². The molecule has 11 N–H and O–H groups in total. The van der Waals surface area contributed by atoms with Crippen LogP contribution in [0.25, 0.3) is 0 Å². The monoisotopic (exact) mass is 687 g/mol. The Bertz CT molecular complexity index is 1760. The van der Waals surface area contributed by atoms with Gasteiger partial charge in [-0.1, -0.05) is 18.2 Å². The Morgan fingerprint density at radius 1 is 0.531 bits per heavy atom. The van der Waals surface area contributed by atoms with E-state index >= 15 is 0 Å². The first-order valence-corrected chi connectivity index (χ1v) is 13.8. The maximum atomic E-state index is 13.0. The number of aromatic hydroxyl groups is 6. The van der Waals surface area contributed by atoms with E-state index in [0.717, 1.165) is 36.4 Å². The summed E-state index contributed by atoms with van der Waals surface area (Å²) in [6.45, 7) is -3.26. The van der Waals surface area contributed by atoms with Crippen molar-refractivity contribution in [1.29, 1.82) is 0 Å². The molecule has 3 aromatic carbocycles. The van der Waals surface area contributed by atoms with Crippen molar-refractivity contribution in [2.75, 3.05) is 19.8 Å². The molecule has 49 heavy (non-hydrogen) atoms. The van der Waals surface area contributed by atoms with Crippen molar-refractivity contribution in [2.45, 2.75) is 18.1 Å². The molecule has 0 aliphatic rings. The topological polar surface area (TPSA) is 319 Å². The van der Waals surface area contributed by atoms with E-state index in [2.05, 4.69) is 5.32 Å². The van der Waals surface area contributed by atoms with E-state index in [1.807, 2.05) is 10.6 Å². The fraction of sp³-hybridized carbons (Fsp3) is 0.200. The number of ether oxygens (including phenoxy) is 2. The number of amides is 3. The van der Waals surface area contributed by atoms with Crippen molar-refractivity contribution < 1.29 is 79.1 Å². The normalized spacial score (nSPS) is 12.4. The van der Waals surface area contributed by atoms with Crippen LogP contribution in [0.2, 0.25) is 0 Å². The van der Waals surface area contributed by atoms with Gasteiger partial charge in [0.05, 0.1) is 23.3 Å². The third-order valence-corrected chi connectivity index (χ3v) is 6.53. The molecule has 0 saturated carbocycles. The smallest absolute Gasteiger partial charge is 0.332 e. The molecular weight excluding hydrogens is 658 g/mol. The zero-order chi connectivity index (χ0) is 36.4. The van der Waals surface area contributed by atoms with Gasteiger partial charge in [-0.05, 0) is 36.4 Å². The van der Waals surface area contributed by atoms with E-state index in [9.17, 15) is 69.6 Å². The number of carboxylic acid groups (broad SMARTS) is 1. The highest BCUT2D eigenvalue weighted by Crippen LogP contribution is 2.30. The molecule has 19 nitrogen and oxygen atoms in total. The predicted molar refractivity (Wildman–Crippen MR) is 160 cm³/mol. The third-order valence-electron chi connectivity index (χ3n) is 6.53. The Kier molecular flexibility index (Phi) is 12.1. The number of aliphatic carboxylic acids is 1. The Morgan fingerprint density at radius 2 is 0.857 bits per heavy atom. The number of rotatable bonds is 14. The van der Waals surface area contributed by atoms with Crippen LogP contribution in [0.5, 0.6) is 34.5 Å². The minimum Gasteiger partial charge on any atom is -0.504 e. The molecule has 19 heteroatoms. The summed E-state index contributed by atoms with van der Waals surface area (Å²) in [7, 11) is 0. The molecule has 0 bridgehead atoms. The fourth-order valence-electron chi connectivity index (χ4n) is 3.91. The maximum Gasteiger partial charge on any atom is 0.332 e. The molecule has 0 aliphatic heterocycles. The molecule has 3 atom stereocenters. The summed E-state index contributed by atoms with van der Waals surface area (Å²) >= 11 is 0. The average molecular weight is 688 g/mol. The second-order valence-electron chi connectivity index (χ2n) is 9.88. The van der Waals surface area contributed by atoms with E-state index in [1.165, 1.54) is 18.2 Å². The predicted octanol–water partition coefficient (Wildman–Crippen LogP) is -1.22. The van der Waals surface area contributed by atoms with Gasteiger partial charge in [0.1, 0.15) is 13.2 Å². The second kappa shape index (κ2) is 16.2. The molecule has 3 aromatic rings. The molecule has 0 fully saturated rings. The Morgan fingerprint density at radius 3 is 1.22 bits per heavy atom. The van der Waals surface area contributed by atoms with Crippen molar-refractivity contribution in [1.82, 2.24) is 16.0 Å². The summed E-state index contributed by atoms with van der Waals surface area (Å²) in [5.41, 5.74) is -1.56. The standard InChI is InChI=1S/C30H29N3O16/c34-10-16(31-25(41)13-4-1-7-19(35)22(13)38)29(46)49-12-18(33-27(43)15-6-3-9-21(37)24(15)40)30(47)48-11-17(28(44)45)32-26(42)14-5-2-8-20(36)23(14)39/h1-9,16-18,34-40H,10-12H2,(H,31,41)(H,32,42)(H,33,43)(H,44,45)/t16-,17?,18-/m0/s1. The summed E-state index contributed by atoms with van der Waals surface area (Å²) in [5.74, 6) is -12.8. The number of benzene rings is 3. The number of phenols is 6. The number of phenolic OH excluding ortho intramolecular Hbond substituents is 6. The number of para-hydroxylation sites is 3. The highest BCUT2D eigenvalue weighted by Gasteiger charge is 2.31. The van der Waals surface area contributed by atoms with Crippen LogP contribution in [0.3, 0.4) is 0 Å². The summed E-state index contributed by atoms with van der Waals surface area (Å²) in [5, 5.41) is 84.1. The lowest BCUT2D eigenvalue weighted by Crippen LogP contribution is -2.50. The van der Waals surface area contributed by atoms with Crippen molar-refractivity contribution >= 4 is 35.6 Å². The van der Waals surface area contributed by atoms with Crippen LogP contribution in [0.15, 0.2) is 54.6 Å². The van der Waals surface area contributed by atoms with Crippen molar-refractivity contribution in [3.63, 3.8) is 0 Å². The second-order valence-corrected chi connectivity index (χ2v) is 9.88. The molecule has 1 unspecified atom stereocenters. The molecule has 0 radical (unpaired) electrons. The van der Waals surface area contributed by atoms with E-state index in [1.54, 1.807) is 0 Å². The number of hydrogen-bond acceptors (Lipinski definition) is 15. The van der Waals surface area contributed by atoms with Crippen LogP contribution >= 0.6 is 0 Å². The van der Waals surface area contributed by atoms with Gasteiger partial charge in [-0.2, -0.15) is 0 Å². The largest absolute Gasteiger partial charge is 0.504 e. The first-order valence-electron chi connectivity index (χ1n) is 13.8. The van der Waals surface area contributed by atoms with Crippen molar-refractivity contribution in [3.05, 3.63) is 71.3 Å². The number of esters is 2. The van der Waals surface area contributed by atoms with Crippen LogP contribution in [-0.4, -0.2) is 114 Å². The summed E-state index contributed by atoms with van der Waals surface area (Å²) in [6, 6.07) is 4.13. The molecule has 3 amide bonds. The summed E-state index contributed by atoms with van der Waals surface area (Å²) in [4.78, 5) is 75.5. The van der Waals surface area contributed by atoms with Crippen LogP contribution < -0.4 is 16.0 Å². The van der Waals surface area contributed by atoms with Crippen LogP contribution in [0.1, 0.15) is 31.1 Å². The molecule has 0 heterocycles. The molecule has 3 rings (SSSR count). The van der Waals surface area contributed by atoms with E-state index in [0.29, 0.717) is 0 Å². The summed E-state index contributed by atoms with van der Waals surface area (Å²) < 4.78 is 9.91. The Balaban J connectivity index is 1.76. The highest BCUT2D eigenvalue weighted by molar-refractivity contribution is 6.01. The summed E-state index contributed by atoms with van der Waals surface area (Å²) in [6.07, 6.45) is 0. The molecule has 0 spiro atoms. The first kappa shape index (κ1) is 36.7. The number of carbonyl (C=O) groups excluding carboxylic acids is 5. The van der Waals surface area contributed by atoms with E-state index in [4.69, 9.17) is 9.47 Å². The van der Waals surface area contributed by atoms with E-state index < -0.39 is 125 Å². The van der Waals surface area contributed by atoms with Crippen LogP contribution in [0, 0.1) is 0 Å². The lowest BCUT2D eigenvalue weighted by molar-refractivity contribution is -0.155. The van der Waals surface area contributed by atoms with Crippen molar-refractivity contribution in [3.8, 4) is 34.5 Å². The number of aliphatic hydroxyl groups is 1. The number of carboxylic acids is 1. The van der Waals surface area contributed by atoms with Gasteiger partial charge in [-0.15, -0.1) is 0 Å². The minimum atomic E-state index is -1.98. The van der Waals surface area contributed by atoms with Gasteiger partial charge >= 0.3 is 17.9 Å². The molecule has 0 saturated heterocycles. The molecule has 0 aromatic heterocycles. The fourth-order valence-corrected chi connectivity index (χ4v) is 3.91. The quantitative estimate of drug-likeness (QED) is 0.0699. The Labute approximate surface area is 274 Å². The average Bonchev–Trinajstić information content (AvgIpc) is 3.06. The van der Waals surface area contributed by atoms with Gasteiger partial charge in [0, 0.05) is 0 Å². The molecule has 260 valence electrons. The number of nitrogens with one attached hydrogen (secondary N) is 3. The van der Waals surface area contributed by atoms with Gasteiger partial charge in [0.2, 0.25) is 0 Å². The lowest BCUT2D eigenvalue weighted by Gasteiger charge is -2.21. The molecular formula is C30H29N3O16. The minimum absolute atomic E-state index is 0.481. The lowest BCUT2D eigenvalue weighted by atomic mass is 10.1. The van der Waals surface area contributed by atoms with Gasteiger partial charge in [0.15, 0.2) is 52.6 Å². The molecule has 0 aliphatic carbocycles.